The van der Waals surface area contributed by atoms with Crippen molar-refractivity contribution in [2.24, 2.45) is 0 Å². The van der Waals surface area contributed by atoms with Gasteiger partial charge in [-0.3, -0.25) is 9.69 Å². The van der Waals surface area contributed by atoms with E-state index in [1.54, 1.807) is 7.11 Å². The molecular formula is C13H25NO4. The van der Waals surface area contributed by atoms with Crippen molar-refractivity contribution in [3.05, 3.63) is 0 Å². The van der Waals surface area contributed by atoms with Crippen LogP contribution in [0.5, 0.6) is 0 Å². The average Bonchev–Trinajstić information content (AvgIpc) is 2.42. The fourth-order valence-corrected chi connectivity index (χ4v) is 2.28. The Kier molecular flexibility index (Phi) is 7.96. The molecule has 106 valence electrons. The van der Waals surface area contributed by atoms with E-state index in [-0.39, 0.29) is 12.0 Å². The molecule has 0 radical (unpaired) electrons. The number of likely N-dealkylation sites (tertiary alicyclic amines) is 1. The summed E-state index contributed by atoms with van der Waals surface area (Å²) < 4.78 is 15.2. The topological polar surface area (TPSA) is 48.0 Å². The molecule has 0 saturated carbocycles. The molecule has 0 bridgehead atoms. The van der Waals surface area contributed by atoms with Gasteiger partial charge in [-0.15, -0.1) is 0 Å². The minimum atomic E-state index is -0.102. The van der Waals surface area contributed by atoms with E-state index in [0.29, 0.717) is 19.8 Å². The number of rotatable bonds is 8. The molecule has 1 saturated heterocycles. The number of ether oxygens (including phenoxy) is 3. The predicted octanol–water partition coefficient (Wildman–Crippen LogP) is 1.07. The van der Waals surface area contributed by atoms with E-state index < -0.39 is 0 Å². The van der Waals surface area contributed by atoms with Gasteiger partial charge in [0.25, 0.3) is 0 Å². The number of carbonyl (C=O) groups excluding carboxylic acids is 1. The first-order chi connectivity index (χ1) is 8.79. The molecule has 5 nitrogen and oxygen atoms in total. The van der Waals surface area contributed by atoms with E-state index in [1.165, 1.54) is 7.11 Å². The molecule has 0 N–H and O–H groups in total. The lowest BCUT2D eigenvalue weighted by Gasteiger charge is -2.33. The second-order valence-electron chi connectivity index (χ2n) is 4.53. The summed E-state index contributed by atoms with van der Waals surface area (Å²) in [6.45, 7) is 3.86. The highest BCUT2D eigenvalue weighted by Crippen LogP contribution is 2.18. The summed E-state index contributed by atoms with van der Waals surface area (Å²) in [5.74, 6) is -0.102. The minimum absolute atomic E-state index is 0.0530. The molecule has 1 atom stereocenters. The third-order valence-corrected chi connectivity index (χ3v) is 3.25. The van der Waals surface area contributed by atoms with Crippen LogP contribution < -0.4 is 0 Å². The van der Waals surface area contributed by atoms with Crippen molar-refractivity contribution in [3.63, 3.8) is 0 Å². The van der Waals surface area contributed by atoms with Crippen LogP contribution in [-0.4, -0.2) is 64.0 Å². The first-order valence-corrected chi connectivity index (χ1v) is 6.68. The molecule has 0 unspecified atom stereocenters. The average molecular weight is 259 g/mol. The SMILES string of the molecule is COCCOCCCN1CCCC[C@@H]1C(=O)OC. The maximum Gasteiger partial charge on any atom is 0.323 e. The lowest BCUT2D eigenvalue weighted by Crippen LogP contribution is -2.45. The molecule has 0 amide bonds. The number of esters is 1. The van der Waals surface area contributed by atoms with Crippen LogP contribution in [0.1, 0.15) is 25.7 Å². The van der Waals surface area contributed by atoms with Gasteiger partial charge in [0.1, 0.15) is 6.04 Å². The Balaban J connectivity index is 2.19. The van der Waals surface area contributed by atoms with Crippen LogP contribution in [0.25, 0.3) is 0 Å². The molecule has 0 aliphatic carbocycles. The Hall–Kier alpha value is -0.650. The van der Waals surface area contributed by atoms with Gasteiger partial charge in [-0.2, -0.15) is 0 Å². The molecule has 1 aliphatic rings. The van der Waals surface area contributed by atoms with E-state index >= 15 is 0 Å². The van der Waals surface area contributed by atoms with Crippen LogP contribution in [0, 0.1) is 0 Å². The monoisotopic (exact) mass is 259 g/mol. The molecular weight excluding hydrogens is 234 g/mol. The zero-order valence-corrected chi connectivity index (χ0v) is 11.5. The molecule has 1 rings (SSSR count). The van der Waals surface area contributed by atoms with Gasteiger partial charge in [-0.25, -0.2) is 0 Å². The van der Waals surface area contributed by atoms with Crippen molar-refractivity contribution in [2.45, 2.75) is 31.7 Å². The largest absolute Gasteiger partial charge is 0.468 e. The van der Waals surface area contributed by atoms with Crippen molar-refractivity contribution < 1.29 is 19.0 Å². The molecule has 5 heteroatoms. The highest BCUT2D eigenvalue weighted by atomic mass is 16.5. The zero-order chi connectivity index (χ0) is 13.2. The lowest BCUT2D eigenvalue weighted by atomic mass is 10.0. The first kappa shape index (κ1) is 15.4. The Morgan fingerprint density at radius 1 is 1.22 bits per heavy atom. The van der Waals surface area contributed by atoms with Crippen LogP contribution in [0.3, 0.4) is 0 Å². The smallest absolute Gasteiger partial charge is 0.323 e. The van der Waals surface area contributed by atoms with Crippen LogP contribution in [0.15, 0.2) is 0 Å². The summed E-state index contributed by atoms with van der Waals surface area (Å²) in [6, 6.07) is -0.0530. The van der Waals surface area contributed by atoms with Crippen LogP contribution >= 0.6 is 0 Å². The number of hydrogen-bond donors (Lipinski definition) is 0. The van der Waals surface area contributed by atoms with Crippen LogP contribution in [0.2, 0.25) is 0 Å². The van der Waals surface area contributed by atoms with Crippen molar-refractivity contribution >= 4 is 5.97 Å². The number of hydrogen-bond acceptors (Lipinski definition) is 5. The Morgan fingerprint density at radius 3 is 2.78 bits per heavy atom. The highest BCUT2D eigenvalue weighted by molar-refractivity contribution is 5.75. The zero-order valence-electron chi connectivity index (χ0n) is 11.5. The lowest BCUT2D eigenvalue weighted by molar-refractivity contribution is -0.148. The molecule has 18 heavy (non-hydrogen) atoms. The summed E-state index contributed by atoms with van der Waals surface area (Å²) in [5, 5.41) is 0. The van der Waals surface area contributed by atoms with Crippen LogP contribution in [0.4, 0.5) is 0 Å². The summed E-state index contributed by atoms with van der Waals surface area (Å²) in [4.78, 5) is 13.9. The number of piperidine rings is 1. The van der Waals surface area contributed by atoms with Crippen molar-refractivity contribution in [1.82, 2.24) is 4.90 Å². The van der Waals surface area contributed by atoms with Gasteiger partial charge in [-0.1, -0.05) is 6.42 Å². The quantitative estimate of drug-likeness (QED) is 0.482. The van der Waals surface area contributed by atoms with Gasteiger partial charge < -0.3 is 14.2 Å². The number of nitrogens with zero attached hydrogens (tertiary/aromatic N) is 1. The Bertz CT molecular complexity index is 235. The minimum Gasteiger partial charge on any atom is -0.468 e. The molecule has 0 aromatic carbocycles. The molecule has 0 aromatic rings. The Labute approximate surface area is 109 Å². The molecule has 0 spiro atoms. The van der Waals surface area contributed by atoms with E-state index in [4.69, 9.17) is 14.2 Å². The number of carbonyl (C=O) groups is 1. The van der Waals surface area contributed by atoms with Gasteiger partial charge in [0, 0.05) is 20.3 Å². The molecule has 1 fully saturated rings. The maximum atomic E-state index is 11.6. The first-order valence-electron chi connectivity index (χ1n) is 6.68. The maximum absolute atomic E-state index is 11.6. The normalized spacial score (nSPS) is 20.9. The second kappa shape index (κ2) is 9.30. The third-order valence-electron chi connectivity index (χ3n) is 3.25. The van der Waals surface area contributed by atoms with Crippen LogP contribution in [-0.2, 0) is 19.0 Å². The van der Waals surface area contributed by atoms with Crippen molar-refractivity contribution in [2.75, 3.05) is 47.1 Å². The summed E-state index contributed by atoms with van der Waals surface area (Å²) in [7, 11) is 3.13. The predicted molar refractivity (Wildman–Crippen MR) is 68.5 cm³/mol. The van der Waals surface area contributed by atoms with Crippen molar-refractivity contribution in [1.29, 1.82) is 0 Å². The van der Waals surface area contributed by atoms with Gasteiger partial charge in [0.2, 0.25) is 0 Å². The van der Waals surface area contributed by atoms with Gasteiger partial charge >= 0.3 is 5.97 Å². The number of methoxy groups -OCH3 is 2. The highest BCUT2D eigenvalue weighted by Gasteiger charge is 2.28. The molecule has 0 aromatic heterocycles. The summed E-state index contributed by atoms with van der Waals surface area (Å²) in [5.41, 5.74) is 0. The van der Waals surface area contributed by atoms with Gasteiger partial charge in [0.05, 0.1) is 20.3 Å². The summed E-state index contributed by atoms with van der Waals surface area (Å²) >= 11 is 0. The Morgan fingerprint density at radius 2 is 2.06 bits per heavy atom. The van der Waals surface area contributed by atoms with E-state index in [1.807, 2.05) is 0 Å². The third kappa shape index (κ3) is 5.33. The fraction of sp³-hybridized carbons (Fsp3) is 0.923. The van der Waals surface area contributed by atoms with Gasteiger partial charge in [-0.05, 0) is 25.8 Å². The van der Waals surface area contributed by atoms with E-state index in [0.717, 1.165) is 38.8 Å². The molecule has 1 aliphatic heterocycles. The fourth-order valence-electron chi connectivity index (χ4n) is 2.28. The summed E-state index contributed by atoms with van der Waals surface area (Å²) in [6.07, 6.45) is 4.13. The van der Waals surface area contributed by atoms with Gasteiger partial charge in [0.15, 0.2) is 0 Å². The van der Waals surface area contributed by atoms with E-state index in [2.05, 4.69) is 4.90 Å². The standard InChI is InChI=1S/C13H25NO4/c1-16-10-11-18-9-5-8-14-7-4-3-6-12(14)13(15)17-2/h12H,3-11H2,1-2H3/t12-/m1/s1. The second-order valence-corrected chi connectivity index (χ2v) is 4.53. The van der Waals surface area contributed by atoms with Crippen molar-refractivity contribution in [3.8, 4) is 0 Å². The van der Waals surface area contributed by atoms with E-state index in [9.17, 15) is 4.79 Å². The molecule has 1 heterocycles.